The van der Waals surface area contributed by atoms with E-state index in [2.05, 4.69) is 23.3 Å². The molecule has 1 aliphatic rings. The molecule has 0 bridgehead atoms. The van der Waals surface area contributed by atoms with E-state index >= 15 is 0 Å². The second-order valence-corrected chi connectivity index (χ2v) is 9.50. The summed E-state index contributed by atoms with van der Waals surface area (Å²) in [6.07, 6.45) is 8.29. The summed E-state index contributed by atoms with van der Waals surface area (Å²) in [4.78, 5) is 28.8. The molecule has 1 amide bonds. The van der Waals surface area contributed by atoms with Crippen LogP contribution >= 0.6 is 0 Å². The summed E-state index contributed by atoms with van der Waals surface area (Å²) >= 11 is 0. The molecule has 0 saturated heterocycles. The molecule has 2 N–H and O–H groups in total. The number of carbonyl (C=O) groups is 2. The Balaban J connectivity index is 1.43. The molecule has 194 valence electrons. The van der Waals surface area contributed by atoms with E-state index in [1.54, 1.807) is 24.5 Å². The molecule has 0 fully saturated rings. The van der Waals surface area contributed by atoms with Crippen molar-refractivity contribution in [1.29, 1.82) is 0 Å². The van der Waals surface area contributed by atoms with Crippen molar-refractivity contribution in [2.45, 2.75) is 45.8 Å². The lowest BCUT2D eigenvalue weighted by atomic mass is 9.93. The fourth-order valence-electron chi connectivity index (χ4n) is 4.82. The monoisotopic (exact) mass is 509 g/mol. The molecule has 0 unspecified atom stereocenters. The number of nitrogens with zero attached hydrogens (tertiary/aromatic N) is 2. The number of rotatable bonds is 9. The lowest BCUT2D eigenvalue weighted by Crippen LogP contribution is -2.24. The number of unbranched alkanes of at least 4 members (excludes halogenated alkanes) is 3. The minimum absolute atomic E-state index is 0.0824. The molecule has 2 heterocycles. The summed E-state index contributed by atoms with van der Waals surface area (Å²) in [5.74, 6) is -0.412. The number of aromatic carboxylic acids is 1. The van der Waals surface area contributed by atoms with Crippen molar-refractivity contribution in [1.82, 2.24) is 14.9 Å². The highest BCUT2D eigenvalue weighted by molar-refractivity contribution is 5.97. The Kier molecular flexibility index (Phi) is 7.54. The van der Waals surface area contributed by atoms with Crippen molar-refractivity contribution in [2.24, 2.45) is 0 Å². The van der Waals surface area contributed by atoms with Crippen LogP contribution in [0.15, 0.2) is 73.1 Å². The lowest BCUT2D eigenvalue weighted by Gasteiger charge is -2.12. The van der Waals surface area contributed by atoms with Crippen LogP contribution in [0.3, 0.4) is 0 Å². The number of hydrogen-bond acceptors (Lipinski definition) is 4. The molecule has 0 atom stereocenters. The van der Waals surface area contributed by atoms with Crippen LogP contribution < -0.4 is 10.1 Å². The zero-order valence-electron chi connectivity index (χ0n) is 21.4. The molecule has 38 heavy (non-hydrogen) atoms. The SMILES string of the molecule is CCCCCCNC(=O)c1ccc2c(c1)ncn2CC=C1c2ccccc2COc2ccc(C(=O)O)cc21. The number of allylic oxidation sites excluding steroid dienone is 1. The molecule has 1 aromatic heterocycles. The number of carbonyl (C=O) groups excluding carboxylic acids is 1. The van der Waals surface area contributed by atoms with Crippen molar-refractivity contribution in [2.75, 3.05) is 6.54 Å². The van der Waals surface area contributed by atoms with Gasteiger partial charge in [-0.1, -0.05) is 56.5 Å². The molecular formula is C31H31N3O4. The first-order valence-corrected chi connectivity index (χ1v) is 13.1. The first kappa shape index (κ1) is 25.3. The molecule has 7 heteroatoms. The Hall–Kier alpha value is -4.39. The van der Waals surface area contributed by atoms with Gasteiger partial charge >= 0.3 is 5.97 Å². The van der Waals surface area contributed by atoms with Gasteiger partial charge in [0.05, 0.1) is 22.9 Å². The lowest BCUT2D eigenvalue weighted by molar-refractivity contribution is 0.0696. The number of nitrogens with one attached hydrogen (secondary N) is 1. The van der Waals surface area contributed by atoms with Crippen molar-refractivity contribution in [3.63, 3.8) is 0 Å². The van der Waals surface area contributed by atoms with Gasteiger partial charge in [0.1, 0.15) is 12.4 Å². The Morgan fingerprint density at radius 2 is 1.87 bits per heavy atom. The van der Waals surface area contributed by atoms with Gasteiger partial charge in [-0.05, 0) is 59.5 Å². The van der Waals surface area contributed by atoms with Crippen molar-refractivity contribution >= 4 is 28.5 Å². The van der Waals surface area contributed by atoms with Gasteiger partial charge in [-0.2, -0.15) is 0 Å². The zero-order chi connectivity index (χ0) is 26.5. The highest BCUT2D eigenvalue weighted by Crippen LogP contribution is 2.37. The Labute approximate surface area is 221 Å². The third-order valence-corrected chi connectivity index (χ3v) is 6.90. The minimum Gasteiger partial charge on any atom is -0.488 e. The summed E-state index contributed by atoms with van der Waals surface area (Å²) in [5.41, 5.74) is 6.18. The fraction of sp³-hybridized carbons (Fsp3) is 0.258. The normalized spacial score (nSPS) is 13.4. The molecule has 4 aromatic rings. The number of carboxylic acids is 1. The van der Waals surface area contributed by atoms with Gasteiger partial charge in [0.15, 0.2) is 0 Å². The number of hydrogen-bond donors (Lipinski definition) is 2. The predicted octanol–water partition coefficient (Wildman–Crippen LogP) is 6.07. The largest absolute Gasteiger partial charge is 0.488 e. The van der Waals surface area contributed by atoms with Crippen molar-refractivity contribution in [3.05, 3.63) is 101 Å². The molecule has 3 aromatic carbocycles. The Bertz CT molecular complexity index is 1520. The van der Waals surface area contributed by atoms with Gasteiger partial charge in [-0.15, -0.1) is 0 Å². The molecule has 5 rings (SSSR count). The Morgan fingerprint density at radius 3 is 2.71 bits per heavy atom. The molecule has 0 saturated carbocycles. The second kappa shape index (κ2) is 11.3. The van der Waals surface area contributed by atoms with Gasteiger partial charge in [0.25, 0.3) is 5.91 Å². The minimum atomic E-state index is -0.980. The van der Waals surface area contributed by atoms with E-state index in [1.165, 1.54) is 12.8 Å². The second-order valence-electron chi connectivity index (χ2n) is 9.50. The highest BCUT2D eigenvalue weighted by atomic mass is 16.5. The van der Waals surface area contributed by atoms with Crippen LogP contribution in [0.2, 0.25) is 0 Å². The summed E-state index contributed by atoms with van der Waals surface area (Å²) in [6.45, 7) is 3.76. The zero-order valence-corrected chi connectivity index (χ0v) is 21.4. The average Bonchev–Trinajstić information content (AvgIpc) is 3.27. The van der Waals surface area contributed by atoms with Crippen LogP contribution in [0.4, 0.5) is 0 Å². The van der Waals surface area contributed by atoms with Gasteiger partial charge in [-0.25, -0.2) is 9.78 Å². The number of carboxylic acid groups (broad SMARTS) is 1. The van der Waals surface area contributed by atoms with Crippen LogP contribution in [-0.4, -0.2) is 33.1 Å². The van der Waals surface area contributed by atoms with Gasteiger partial charge in [0.2, 0.25) is 0 Å². The fourth-order valence-corrected chi connectivity index (χ4v) is 4.82. The van der Waals surface area contributed by atoms with Gasteiger partial charge in [-0.3, -0.25) is 4.79 Å². The van der Waals surface area contributed by atoms with E-state index in [-0.39, 0.29) is 11.5 Å². The summed E-state index contributed by atoms with van der Waals surface area (Å²) in [5, 5.41) is 12.6. The van der Waals surface area contributed by atoms with Crippen molar-refractivity contribution < 1.29 is 19.4 Å². The first-order chi connectivity index (χ1) is 18.5. The molecular weight excluding hydrogens is 478 g/mol. The maximum absolute atomic E-state index is 12.6. The van der Waals surface area contributed by atoms with Crippen LogP contribution in [0.1, 0.15) is 70.0 Å². The molecule has 7 nitrogen and oxygen atoms in total. The highest BCUT2D eigenvalue weighted by Gasteiger charge is 2.21. The number of fused-ring (bicyclic) bond motifs is 3. The summed E-state index contributed by atoms with van der Waals surface area (Å²) in [7, 11) is 0. The van der Waals surface area contributed by atoms with Crippen LogP contribution in [0.25, 0.3) is 16.6 Å². The number of imidazole rings is 1. The first-order valence-electron chi connectivity index (χ1n) is 13.1. The van der Waals surface area contributed by atoms with Crippen LogP contribution in [-0.2, 0) is 13.2 Å². The molecule has 0 radical (unpaired) electrons. The van der Waals surface area contributed by atoms with Gasteiger partial charge in [0, 0.05) is 24.2 Å². The van der Waals surface area contributed by atoms with E-state index in [9.17, 15) is 14.7 Å². The molecule has 0 aliphatic carbocycles. The average molecular weight is 510 g/mol. The quantitative estimate of drug-likeness (QED) is 0.267. The number of benzene rings is 3. The summed E-state index contributed by atoms with van der Waals surface area (Å²) in [6, 6.07) is 18.5. The van der Waals surface area contributed by atoms with E-state index in [0.29, 0.717) is 31.0 Å². The predicted molar refractivity (Wildman–Crippen MR) is 147 cm³/mol. The molecule has 1 aliphatic heterocycles. The number of amides is 1. The van der Waals surface area contributed by atoms with E-state index in [4.69, 9.17) is 4.74 Å². The molecule has 0 spiro atoms. The van der Waals surface area contributed by atoms with Gasteiger partial charge < -0.3 is 19.7 Å². The van der Waals surface area contributed by atoms with Crippen LogP contribution in [0.5, 0.6) is 5.75 Å². The maximum atomic E-state index is 12.6. The third-order valence-electron chi connectivity index (χ3n) is 6.90. The number of aromatic nitrogens is 2. The Morgan fingerprint density at radius 1 is 1.03 bits per heavy atom. The van der Waals surface area contributed by atoms with E-state index < -0.39 is 5.97 Å². The van der Waals surface area contributed by atoms with Crippen LogP contribution in [0, 0.1) is 0 Å². The standard InChI is InChI=1S/C31H31N3O4/c1-2-3-4-7-15-32-30(35)21-10-12-28-27(18-21)33-20-34(28)16-14-25-24-9-6-5-8-23(24)19-38-29-13-11-22(31(36)37)17-26(25)29/h5-6,8-14,17-18,20H,2-4,7,15-16,19H2,1H3,(H,32,35)(H,36,37). The van der Waals surface area contributed by atoms with E-state index in [1.807, 2.05) is 47.0 Å². The summed E-state index contributed by atoms with van der Waals surface area (Å²) < 4.78 is 8.06. The smallest absolute Gasteiger partial charge is 0.335 e. The van der Waals surface area contributed by atoms with Crippen molar-refractivity contribution in [3.8, 4) is 5.75 Å². The number of ether oxygens (including phenoxy) is 1. The maximum Gasteiger partial charge on any atom is 0.335 e. The topological polar surface area (TPSA) is 93.5 Å². The third kappa shape index (κ3) is 5.32. The van der Waals surface area contributed by atoms with E-state index in [0.717, 1.165) is 46.1 Å².